The van der Waals surface area contributed by atoms with Crippen LogP contribution in [0.3, 0.4) is 0 Å². The van der Waals surface area contributed by atoms with Gasteiger partial charge in [0, 0.05) is 24.2 Å². The molecule has 1 N–H and O–H groups in total. The third-order valence-corrected chi connectivity index (χ3v) is 4.20. The number of nitrogens with one attached hydrogen (secondary N) is 1. The first-order valence-electron chi connectivity index (χ1n) is 6.75. The molecule has 1 aliphatic heterocycles. The van der Waals surface area contributed by atoms with Gasteiger partial charge < -0.3 is 9.73 Å². The van der Waals surface area contributed by atoms with E-state index >= 15 is 0 Å². The molecule has 2 aliphatic rings. The SMILES string of the molecule is CC1(C2CC2)CN(Cc2ccoc2)CCCN1. The third kappa shape index (κ3) is 2.55. The van der Waals surface area contributed by atoms with E-state index < -0.39 is 0 Å². The summed E-state index contributed by atoms with van der Waals surface area (Å²) in [6, 6.07) is 2.08. The van der Waals surface area contributed by atoms with E-state index in [1.165, 1.54) is 37.9 Å². The number of hydrogen-bond acceptors (Lipinski definition) is 3. The summed E-state index contributed by atoms with van der Waals surface area (Å²) in [4.78, 5) is 2.57. The Bertz CT molecular complexity index is 358. The highest BCUT2D eigenvalue weighted by Crippen LogP contribution is 2.40. The van der Waals surface area contributed by atoms with Gasteiger partial charge in [-0.15, -0.1) is 0 Å². The molecule has 1 saturated carbocycles. The van der Waals surface area contributed by atoms with Crippen LogP contribution in [0.4, 0.5) is 0 Å². The largest absolute Gasteiger partial charge is 0.472 e. The van der Waals surface area contributed by atoms with Crippen molar-refractivity contribution in [1.82, 2.24) is 10.2 Å². The average Bonchev–Trinajstić information content (AvgIpc) is 3.07. The molecule has 0 amide bonds. The van der Waals surface area contributed by atoms with Gasteiger partial charge in [0.1, 0.15) is 0 Å². The number of nitrogens with zero attached hydrogens (tertiary/aromatic N) is 1. The summed E-state index contributed by atoms with van der Waals surface area (Å²) in [6.07, 6.45) is 7.70. The van der Waals surface area contributed by atoms with E-state index in [9.17, 15) is 0 Å². The van der Waals surface area contributed by atoms with Crippen LogP contribution >= 0.6 is 0 Å². The first kappa shape index (κ1) is 11.3. The fraction of sp³-hybridized carbons (Fsp3) is 0.714. The lowest BCUT2D eigenvalue weighted by Crippen LogP contribution is -2.50. The number of hydrogen-bond donors (Lipinski definition) is 1. The minimum Gasteiger partial charge on any atom is -0.472 e. The molecule has 1 aliphatic carbocycles. The zero-order valence-electron chi connectivity index (χ0n) is 10.6. The molecule has 0 spiro atoms. The summed E-state index contributed by atoms with van der Waals surface area (Å²) in [7, 11) is 0. The average molecular weight is 234 g/mol. The lowest BCUT2D eigenvalue weighted by atomic mass is 9.95. The molecule has 0 radical (unpaired) electrons. The topological polar surface area (TPSA) is 28.4 Å². The zero-order valence-corrected chi connectivity index (χ0v) is 10.6. The molecule has 94 valence electrons. The van der Waals surface area contributed by atoms with Crippen molar-refractivity contribution in [2.24, 2.45) is 5.92 Å². The first-order valence-corrected chi connectivity index (χ1v) is 6.75. The minimum absolute atomic E-state index is 0.334. The molecule has 3 rings (SSSR count). The number of rotatable bonds is 3. The van der Waals surface area contributed by atoms with Gasteiger partial charge in [-0.1, -0.05) is 0 Å². The van der Waals surface area contributed by atoms with Gasteiger partial charge in [0.2, 0.25) is 0 Å². The second kappa shape index (κ2) is 4.46. The van der Waals surface area contributed by atoms with Crippen LogP contribution in [-0.4, -0.2) is 30.1 Å². The van der Waals surface area contributed by atoms with Crippen molar-refractivity contribution in [1.29, 1.82) is 0 Å². The molecule has 2 heterocycles. The minimum atomic E-state index is 0.334. The monoisotopic (exact) mass is 234 g/mol. The summed E-state index contributed by atoms with van der Waals surface area (Å²) in [6.45, 7) is 6.96. The number of furan rings is 1. The lowest BCUT2D eigenvalue weighted by molar-refractivity contribution is 0.194. The predicted octanol–water partition coefficient (Wildman–Crippen LogP) is 2.24. The van der Waals surface area contributed by atoms with E-state index in [4.69, 9.17) is 4.42 Å². The molecule has 1 saturated heterocycles. The van der Waals surface area contributed by atoms with Crippen LogP contribution in [-0.2, 0) is 6.54 Å². The van der Waals surface area contributed by atoms with Crippen molar-refractivity contribution >= 4 is 0 Å². The van der Waals surface area contributed by atoms with E-state index in [0.717, 1.165) is 19.0 Å². The Balaban J connectivity index is 1.67. The van der Waals surface area contributed by atoms with Gasteiger partial charge in [-0.25, -0.2) is 0 Å². The van der Waals surface area contributed by atoms with Gasteiger partial charge in [0.25, 0.3) is 0 Å². The molecule has 17 heavy (non-hydrogen) atoms. The Morgan fingerprint density at radius 2 is 2.41 bits per heavy atom. The van der Waals surface area contributed by atoms with Crippen LogP contribution in [0.5, 0.6) is 0 Å². The normalized spacial score (nSPS) is 31.4. The first-order chi connectivity index (χ1) is 8.26. The Labute approximate surface area is 103 Å². The van der Waals surface area contributed by atoms with Crippen LogP contribution < -0.4 is 5.32 Å². The summed E-state index contributed by atoms with van der Waals surface area (Å²) in [5.41, 5.74) is 1.63. The Kier molecular flexibility index (Phi) is 2.97. The van der Waals surface area contributed by atoms with E-state index in [1.54, 1.807) is 6.26 Å². The Morgan fingerprint density at radius 3 is 3.12 bits per heavy atom. The lowest BCUT2D eigenvalue weighted by Gasteiger charge is -2.33. The van der Waals surface area contributed by atoms with Crippen molar-refractivity contribution in [3.63, 3.8) is 0 Å². The second-order valence-electron chi connectivity index (χ2n) is 5.81. The maximum absolute atomic E-state index is 5.16. The molecule has 1 aromatic rings. The van der Waals surface area contributed by atoms with Crippen molar-refractivity contribution in [2.45, 2.75) is 38.3 Å². The summed E-state index contributed by atoms with van der Waals surface area (Å²) < 4.78 is 5.16. The highest BCUT2D eigenvalue weighted by molar-refractivity contribution is 5.07. The Hall–Kier alpha value is -0.800. The van der Waals surface area contributed by atoms with Gasteiger partial charge >= 0.3 is 0 Å². The fourth-order valence-electron chi connectivity index (χ4n) is 3.05. The van der Waals surface area contributed by atoms with Crippen LogP contribution in [0.25, 0.3) is 0 Å². The summed E-state index contributed by atoms with van der Waals surface area (Å²) in [5, 5.41) is 3.76. The van der Waals surface area contributed by atoms with Crippen molar-refractivity contribution in [2.75, 3.05) is 19.6 Å². The van der Waals surface area contributed by atoms with Crippen molar-refractivity contribution in [3.05, 3.63) is 24.2 Å². The van der Waals surface area contributed by atoms with Gasteiger partial charge in [-0.2, -0.15) is 0 Å². The van der Waals surface area contributed by atoms with Crippen LogP contribution in [0.1, 0.15) is 31.7 Å². The molecule has 1 atom stereocenters. The second-order valence-corrected chi connectivity index (χ2v) is 5.81. The van der Waals surface area contributed by atoms with E-state index in [-0.39, 0.29) is 0 Å². The molecule has 2 fully saturated rings. The van der Waals surface area contributed by atoms with Crippen LogP contribution in [0.15, 0.2) is 23.0 Å². The smallest absolute Gasteiger partial charge is 0.0947 e. The van der Waals surface area contributed by atoms with Crippen LogP contribution in [0.2, 0.25) is 0 Å². The molecular weight excluding hydrogens is 212 g/mol. The molecule has 3 nitrogen and oxygen atoms in total. The van der Waals surface area contributed by atoms with Crippen molar-refractivity contribution < 1.29 is 4.42 Å². The van der Waals surface area contributed by atoms with Gasteiger partial charge in [0.15, 0.2) is 0 Å². The van der Waals surface area contributed by atoms with Gasteiger partial charge in [-0.05, 0) is 51.3 Å². The summed E-state index contributed by atoms with van der Waals surface area (Å²) >= 11 is 0. The standard InChI is InChI=1S/C14H22N2O/c1-14(13-3-4-13)11-16(7-2-6-15-14)9-12-5-8-17-10-12/h5,8,10,13,15H,2-4,6-7,9,11H2,1H3. The molecule has 0 bridgehead atoms. The highest BCUT2D eigenvalue weighted by atomic mass is 16.3. The molecular formula is C14H22N2O. The Morgan fingerprint density at radius 1 is 1.53 bits per heavy atom. The summed E-state index contributed by atoms with van der Waals surface area (Å²) in [5.74, 6) is 0.896. The van der Waals surface area contributed by atoms with E-state index in [0.29, 0.717) is 5.54 Å². The predicted molar refractivity (Wildman–Crippen MR) is 67.7 cm³/mol. The van der Waals surface area contributed by atoms with Crippen LogP contribution in [0, 0.1) is 5.92 Å². The molecule has 3 heteroatoms. The van der Waals surface area contributed by atoms with Gasteiger partial charge in [0.05, 0.1) is 12.5 Å². The maximum atomic E-state index is 5.16. The highest BCUT2D eigenvalue weighted by Gasteiger charge is 2.42. The van der Waals surface area contributed by atoms with E-state index in [1.807, 2.05) is 6.26 Å². The van der Waals surface area contributed by atoms with Gasteiger partial charge in [-0.3, -0.25) is 4.90 Å². The van der Waals surface area contributed by atoms with Crippen molar-refractivity contribution in [3.8, 4) is 0 Å². The molecule has 1 unspecified atom stereocenters. The fourth-order valence-corrected chi connectivity index (χ4v) is 3.05. The third-order valence-electron chi connectivity index (χ3n) is 4.20. The molecule has 1 aromatic heterocycles. The quantitative estimate of drug-likeness (QED) is 0.869. The van der Waals surface area contributed by atoms with E-state index in [2.05, 4.69) is 23.2 Å². The zero-order chi connectivity index (χ0) is 11.7. The maximum Gasteiger partial charge on any atom is 0.0947 e. The molecule has 0 aromatic carbocycles.